The summed E-state index contributed by atoms with van der Waals surface area (Å²) in [5.41, 5.74) is 8.21. The summed E-state index contributed by atoms with van der Waals surface area (Å²) in [7, 11) is 1.64. The maximum atomic E-state index is 5.65. The number of ether oxygens (including phenoxy) is 1. The summed E-state index contributed by atoms with van der Waals surface area (Å²) in [6.45, 7) is 2.64. The lowest BCUT2D eigenvalue weighted by Gasteiger charge is -2.13. The normalized spacial score (nSPS) is 13.0. The van der Waals surface area contributed by atoms with Crippen LogP contribution in [0.25, 0.3) is 11.1 Å². The van der Waals surface area contributed by atoms with E-state index >= 15 is 0 Å². The van der Waals surface area contributed by atoms with Gasteiger partial charge in [0.25, 0.3) is 0 Å². The largest absolute Gasteiger partial charge is 0.494 e. The molecule has 4 heteroatoms. The molecule has 0 radical (unpaired) electrons. The Kier molecular flexibility index (Phi) is 2.60. The molecule has 2 rings (SSSR count). The maximum absolute atomic E-state index is 5.65. The van der Waals surface area contributed by atoms with Crippen LogP contribution in [0, 0.1) is 0 Å². The number of benzene rings is 1. The fourth-order valence-corrected chi connectivity index (χ4v) is 1.65. The van der Waals surface area contributed by atoms with Crippen molar-refractivity contribution < 1.29 is 9.15 Å². The highest BCUT2D eigenvalue weighted by Crippen LogP contribution is 2.32. The van der Waals surface area contributed by atoms with Crippen LogP contribution in [-0.4, -0.2) is 18.6 Å². The standard InChI is InChI=1S/C11H14N2O2/c1-7(5-12)8-3-4-9-10(11(8)14-2)13-6-15-9/h3-4,6-7H,5,12H2,1-2H3. The second-order valence-electron chi connectivity index (χ2n) is 3.52. The van der Waals surface area contributed by atoms with Gasteiger partial charge in [-0.2, -0.15) is 0 Å². The van der Waals surface area contributed by atoms with Gasteiger partial charge in [0.1, 0.15) is 0 Å². The molecule has 4 nitrogen and oxygen atoms in total. The molecule has 1 aromatic carbocycles. The number of aromatic nitrogens is 1. The first-order valence-corrected chi connectivity index (χ1v) is 4.88. The monoisotopic (exact) mass is 206 g/mol. The minimum absolute atomic E-state index is 0.251. The first-order chi connectivity index (χ1) is 7.27. The molecule has 1 heterocycles. The highest BCUT2D eigenvalue weighted by Gasteiger charge is 2.15. The Morgan fingerprint density at radius 1 is 1.53 bits per heavy atom. The topological polar surface area (TPSA) is 61.3 Å². The van der Waals surface area contributed by atoms with Crippen LogP contribution >= 0.6 is 0 Å². The van der Waals surface area contributed by atoms with Gasteiger partial charge in [0, 0.05) is 5.56 Å². The van der Waals surface area contributed by atoms with Crippen LogP contribution < -0.4 is 10.5 Å². The van der Waals surface area contributed by atoms with Crippen LogP contribution in [0.3, 0.4) is 0 Å². The van der Waals surface area contributed by atoms with Crippen molar-refractivity contribution in [2.45, 2.75) is 12.8 Å². The SMILES string of the molecule is COc1c(C(C)CN)ccc2ocnc12. The van der Waals surface area contributed by atoms with Crippen molar-refractivity contribution >= 4 is 11.1 Å². The lowest BCUT2D eigenvalue weighted by atomic mass is 10.00. The van der Waals surface area contributed by atoms with E-state index in [0.717, 1.165) is 22.4 Å². The van der Waals surface area contributed by atoms with E-state index in [1.807, 2.05) is 12.1 Å². The van der Waals surface area contributed by atoms with Gasteiger partial charge >= 0.3 is 0 Å². The predicted molar refractivity (Wildman–Crippen MR) is 58.0 cm³/mol. The molecule has 0 aliphatic rings. The molecule has 0 aliphatic carbocycles. The average molecular weight is 206 g/mol. The Bertz CT molecular complexity index is 465. The van der Waals surface area contributed by atoms with E-state index in [0.29, 0.717) is 6.54 Å². The van der Waals surface area contributed by atoms with E-state index in [9.17, 15) is 0 Å². The van der Waals surface area contributed by atoms with Crippen molar-refractivity contribution in [3.8, 4) is 5.75 Å². The van der Waals surface area contributed by atoms with Gasteiger partial charge in [0.15, 0.2) is 23.2 Å². The van der Waals surface area contributed by atoms with Gasteiger partial charge in [0.2, 0.25) is 0 Å². The fourth-order valence-electron chi connectivity index (χ4n) is 1.65. The van der Waals surface area contributed by atoms with E-state index in [-0.39, 0.29) is 5.92 Å². The molecular weight excluding hydrogens is 192 g/mol. The fraction of sp³-hybridized carbons (Fsp3) is 0.364. The zero-order valence-corrected chi connectivity index (χ0v) is 8.86. The Morgan fingerprint density at radius 3 is 3.00 bits per heavy atom. The molecule has 2 N–H and O–H groups in total. The summed E-state index contributed by atoms with van der Waals surface area (Å²) >= 11 is 0. The van der Waals surface area contributed by atoms with Crippen molar-refractivity contribution in [2.75, 3.05) is 13.7 Å². The molecule has 0 saturated heterocycles. The van der Waals surface area contributed by atoms with Gasteiger partial charge < -0.3 is 14.9 Å². The second-order valence-corrected chi connectivity index (χ2v) is 3.52. The third kappa shape index (κ3) is 1.57. The summed E-state index contributed by atoms with van der Waals surface area (Å²) < 4.78 is 10.6. The first-order valence-electron chi connectivity index (χ1n) is 4.88. The van der Waals surface area contributed by atoms with Gasteiger partial charge in [-0.05, 0) is 18.5 Å². The lowest BCUT2D eigenvalue weighted by molar-refractivity contribution is 0.411. The number of oxazole rings is 1. The number of fused-ring (bicyclic) bond motifs is 1. The van der Waals surface area contributed by atoms with Gasteiger partial charge in [0.05, 0.1) is 7.11 Å². The number of hydrogen-bond donors (Lipinski definition) is 1. The number of methoxy groups -OCH3 is 1. The molecule has 1 unspecified atom stereocenters. The zero-order valence-electron chi connectivity index (χ0n) is 8.86. The molecule has 0 bridgehead atoms. The molecule has 0 amide bonds. The van der Waals surface area contributed by atoms with E-state index in [4.69, 9.17) is 14.9 Å². The van der Waals surface area contributed by atoms with Gasteiger partial charge in [-0.1, -0.05) is 13.0 Å². The Hall–Kier alpha value is -1.55. The van der Waals surface area contributed by atoms with E-state index in [1.165, 1.54) is 6.39 Å². The molecule has 1 aromatic heterocycles. The van der Waals surface area contributed by atoms with Crippen LogP contribution in [0.5, 0.6) is 5.75 Å². The minimum atomic E-state index is 0.251. The molecule has 80 valence electrons. The average Bonchev–Trinajstić information content (AvgIpc) is 2.74. The molecule has 0 fully saturated rings. The van der Waals surface area contributed by atoms with Crippen molar-refractivity contribution in [2.24, 2.45) is 5.73 Å². The summed E-state index contributed by atoms with van der Waals surface area (Å²) in [4.78, 5) is 4.13. The lowest BCUT2D eigenvalue weighted by Crippen LogP contribution is -2.10. The summed E-state index contributed by atoms with van der Waals surface area (Å²) in [6, 6.07) is 3.87. The highest BCUT2D eigenvalue weighted by atomic mass is 16.5. The summed E-state index contributed by atoms with van der Waals surface area (Å²) in [6.07, 6.45) is 1.42. The van der Waals surface area contributed by atoms with Crippen molar-refractivity contribution in [3.05, 3.63) is 24.1 Å². The Balaban J connectivity index is 2.63. The van der Waals surface area contributed by atoms with Crippen LogP contribution in [0.15, 0.2) is 22.9 Å². The van der Waals surface area contributed by atoms with E-state index in [2.05, 4.69) is 11.9 Å². The minimum Gasteiger partial charge on any atom is -0.494 e. The predicted octanol–water partition coefficient (Wildman–Crippen LogP) is 1.90. The first kappa shape index (κ1) is 9.98. The van der Waals surface area contributed by atoms with Crippen molar-refractivity contribution in [1.82, 2.24) is 4.98 Å². The van der Waals surface area contributed by atoms with Crippen LogP contribution in [0.4, 0.5) is 0 Å². The van der Waals surface area contributed by atoms with Gasteiger partial charge in [-0.15, -0.1) is 0 Å². The van der Waals surface area contributed by atoms with Crippen LogP contribution in [0.2, 0.25) is 0 Å². The van der Waals surface area contributed by atoms with E-state index in [1.54, 1.807) is 7.11 Å². The van der Waals surface area contributed by atoms with Gasteiger partial charge in [-0.25, -0.2) is 4.98 Å². The van der Waals surface area contributed by atoms with Crippen LogP contribution in [-0.2, 0) is 0 Å². The molecule has 0 spiro atoms. The quantitative estimate of drug-likeness (QED) is 0.833. The number of nitrogens with zero attached hydrogens (tertiary/aromatic N) is 1. The highest BCUT2D eigenvalue weighted by molar-refractivity contribution is 5.81. The Morgan fingerprint density at radius 2 is 2.33 bits per heavy atom. The third-order valence-electron chi connectivity index (χ3n) is 2.57. The molecule has 0 aliphatic heterocycles. The van der Waals surface area contributed by atoms with Crippen LogP contribution in [0.1, 0.15) is 18.4 Å². The molecule has 1 atom stereocenters. The van der Waals surface area contributed by atoms with Crippen molar-refractivity contribution in [3.63, 3.8) is 0 Å². The molecule has 2 aromatic rings. The maximum Gasteiger partial charge on any atom is 0.182 e. The summed E-state index contributed by atoms with van der Waals surface area (Å²) in [5, 5.41) is 0. The molecule has 0 saturated carbocycles. The summed E-state index contributed by atoms with van der Waals surface area (Å²) in [5.74, 6) is 1.01. The van der Waals surface area contributed by atoms with Gasteiger partial charge in [-0.3, -0.25) is 0 Å². The molecular formula is C11H14N2O2. The number of rotatable bonds is 3. The second kappa shape index (κ2) is 3.90. The Labute approximate surface area is 88.0 Å². The van der Waals surface area contributed by atoms with Crippen molar-refractivity contribution in [1.29, 1.82) is 0 Å². The molecule has 15 heavy (non-hydrogen) atoms. The smallest absolute Gasteiger partial charge is 0.182 e. The zero-order chi connectivity index (χ0) is 10.8. The van der Waals surface area contributed by atoms with E-state index < -0.39 is 0 Å². The number of hydrogen-bond acceptors (Lipinski definition) is 4. The third-order valence-corrected chi connectivity index (χ3v) is 2.57. The number of nitrogens with two attached hydrogens (primary N) is 1.